The van der Waals surface area contributed by atoms with Crippen LogP contribution >= 0.6 is 23.5 Å². The summed E-state index contributed by atoms with van der Waals surface area (Å²) in [4.78, 5) is 14.6. The third-order valence-electron chi connectivity index (χ3n) is 6.56. The van der Waals surface area contributed by atoms with Crippen molar-refractivity contribution in [1.82, 2.24) is 9.62 Å². The van der Waals surface area contributed by atoms with Crippen molar-refractivity contribution < 1.29 is 13.9 Å². The number of carbonyl (C=O) groups excluding carboxylic acids is 1. The largest absolute Gasteiger partial charge is 0.493 e. The predicted octanol–water partition coefficient (Wildman–Crippen LogP) is 6.22. The number of carbonyl (C=O) groups is 1. The Balaban J connectivity index is 1.35. The molecule has 1 saturated heterocycles. The molecule has 0 radical (unpaired) electrons. The summed E-state index contributed by atoms with van der Waals surface area (Å²) in [6, 6.07) is 11.5. The van der Waals surface area contributed by atoms with Crippen molar-refractivity contribution in [2.24, 2.45) is 5.92 Å². The van der Waals surface area contributed by atoms with E-state index in [0.717, 1.165) is 49.4 Å². The molecular weight excluding hydrogens is 447 g/mol. The molecule has 1 saturated carbocycles. The van der Waals surface area contributed by atoms with Crippen LogP contribution in [0.4, 0.5) is 4.39 Å². The smallest absolute Gasteiger partial charge is 0.264 e. The first-order chi connectivity index (χ1) is 15.5. The lowest BCUT2D eigenvalue weighted by molar-refractivity contribution is 0.0980. The highest BCUT2D eigenvalue weighted by atomic mass is 35.5. The molecule has 1 N–H and O–H groups in total. The number of hydrogen-bond donors (Lipinski definition) is 1. The third-order valence-corrected chi connectivity index (χ3v) is 7.18. The Hall–Kier alpha value is -1.76. The molecule has 1 aliphatic carbocycles. The van der Waals surface area contributed by atoms with Crippen LogP contribution in [0.1, 0.15) is 66.1 Å². The summed E-state index contributed by atoms with van der Waals surface area (Å²) in [6.07, 6.45) is 5.95. The lowest BCUT2D eigenvalue weighted by atomic mass is 9.95. The molecule has 2 aromatic carbocycles. The molecule has 1 unspecified atom stereocenters. The van der Waals surface area contributed by atoms with Crippen LogP contribution in [0.5, 0.6) is 5.75 Å². The normalized spacial score (nSPS) is 18.4. The van der Waals surface area contributed by atoms with Crippen molar-refractivity contribution in [2.45, 2.75) is 44.6 Å². The third kappa shape index (κ3) is 5.59. The molecule has 2 fully saturated rings. The second-order valence-electron chi connectivity index (χ2n) is 8.80. The first-order valence-corrected chi connectivity index (χ1v) is 12.9. The highest BCUT2D eigenvalue weighted by molar-refractivity contribution is 7.97. The van der Waals surface area contributed by atoms with Crippen molar-refractivity contribution >= 4 is 29.5 Å². The lowest BCUT2D eigenvalue weighted by Crippen LogP contribution is -2.37. The Kier molecular flexibility index (Phi) is 7.64. The second-order valence-corrected chi connectivity index (χ2v) is 9.85. The Morgan fingerprint density at radius 3 is 2.66 bits per heavy atom. The molecule has 32 heavy (non-hydrogen) atoms. The summed E-state index contributed by atoms with van der Waals surface area (Å²) >= 11 is 7.33. The zero-order valence-corrected chi connectivity index (χ0v) is 20.1. The molecule has 1 atom stereocenters. The van der Waals surface area contributed by atoms with Gasteiger partial charge in [0.05, 0.1) is 12.2 Å². The van der Waals surface area contributed by atoms with Crippen LogP contribution in [-0.2, 0) is 0 Å². The van der Waals surface area contributed by atoms with E-state index in [0.29, 0.717) is 30.2 Å². The van der Waals surface area contributed by atoms with Crippen LogP contribution in [0, 0.1) is 11.7 Å². The van der Waals surface area contributed by atoms with E-state index in [1.165, 1.54) is 23.6 Å². The molecule has 7 heteroatoms. The Morgan fingerprint density at radius 1 is 1.25 bits per heavy atom. The molecule has 2 aromatic rings. The highest BCUT2D eigenvalue weighted by Gasteiger charge is 2.30. The fraction of sp³-hybridized carbons (Fsp3) is 0.480. The number of hydrogen-bond acceptors (Lipinski definition) is 4. The predicted molar refractivity (Wildman–Crippen MR) is 129 cm³/mol. The SMILES string of the molecule is CSNC(=O)c1cc(C2CC2)c(OCC2CCN(C(C)c3cccc(Cl)c3)CC2)cc1F. The Bertz CT molecular complexity index is 961. The number of halogens is 2. The molecule has 0 bridgehead atoms. The molecule has 1 amide bonds. The number of benzene rings is 2. The van der Waals surface area contributed by atoms with Gasteiger partial charge in [0.25, 0.3) is 5.91 Å². The second kappa shape index (κ2) is 10.4. The van der Waals surface area contributed by atoms with Gasteiger partial charge in [0, 0.05) is 23.4 Å². The van der Waals surface area contributed by atoms with Crippen LogP contribution in [0.2, 0.25) is 5.02 Å². The minimum atomic E-state index is -0.527. The van der Waals surface area contributed by atoms with Gasteiger partial charge in [0.15, 0.2) is 0 Å². The highest BCUT2D eigenvalue weighted by Crippen LogP contribution is 2.45. The van der Waals surface area contributed by atoms with Crippen LogP contribution < -0.4 is 9.46 Å². The maximum atomic E-state index is 14.6. The van der Waals surface area contributed by atoms with Gasteiger partial charge in [-0.3, -0.25) is 14.4 Å². The van der Waals surface area contributed by atoms with Gasteiger partial charge < -0.3 is 4.74 Å². The number of nitrogens with one attached hydrogen (secondary N) is 1. The zero-order valence-electron chi connectivity index (χ0n) is 18.6. The Morgan fingerprint density at radius 2 is 2.00 bits per heavy atom. The van der Waals surface area contributed by atoms with E-state index in [1.54, 1.807) is 12.3 Å². The van der Waals surface area contributed by atoms with Crippen molar-refractivity contribution in [3.63, 3.8) is 0 Å². The molecule has 1 heterocycles. The average Bonchev–Trinajstić information content (AvgIpc) is 3.63. The number of likely N-dealkylation sites (tertiary alicyclic amines) is 1. The van der Waals surface area contributed by atoms with Crippen LogP contribution in [0.15, 0.2) is 36.4 Å². The van der Waals surface area contributed by atoms with E-state index in [2.05, 4.69) is 22.6 Å². The minimum Gasteiger partial charge on any atom is -0.493 e. The van der Waals surface area contributed by atoms with Crippen LogP contribution in [-0.4, -0.2) is 36.8 Å². The van der Waals surface area contributed by atoms with Gasteiger partial charge in [0.1, 0.15) is 11.6 Å². The summed E-state index contributed by atoms with van der Waals surface area (Å²) in [7, 11) is 0. The van der Waals surface area contributed by atoms with E-state index in [9.17, 15) is 9.18 Å². The number of ether oxygens (including phenoxy) is 1. The minimum absolute atomic E-state index is 0.0944. The van der Waals surface area contributed by atoms with E-state index in [4.69, 9.17) is 16.3 Å². The fourth-order valence-corrected chi connectivity index (χ4v) is 4.92. The fourth-order valence-electron chi connectivity index (χ4n) is 4.42. The molecule has 1 aliphatic heterocycles. The molecule has 0 aromatic heterocycles. The summed E-state index contributed by atoms with van der Waals surface area (Å²) in [5.74, 6) is 0.477. The summed E-state index contributed by atoms with van der Waals surface area (Å²) in [6.45, 7) is 4.80. The summed E-state index contributed by atoms with van der Waals surface area (Å²) in [5.41, 5.74) is 2.30. The lowest BCUT2D eigenvalue weighted by Gasteiger charge is -2.36. The van der Waals surface area contributed by atoms with Gasteiger partial charge in [-0.05, 0) is 86.9 Å². The molecular formula is C25H30ClFN2O2S. The maximum Gasteiger partial charge on any atom is 0.264 e. The van der Waals surface area contributed by atoms with Gasteiger partial charge >= 0.3 is 0 Å². The van der Waals surface area contributed by atoms with E-state index < -0.39 is 11.7 Å². The van der Waals surface area contributed by atoms with Gasteiger partial charge in [-0.2, -0.15) is 0 Å². The van der Waals surface area contributed by atoms with Crippen LogP contribution in [0.3, 0.4) is 0 Å². The zero-order chi connectivity index (χ0) is 22.7. The first-order valence-electron chi connectivity index (χ1n) is 11.2. The monoisotopic (exact) mass is 476 g/mol. The molecule has 4 rings (SSSR count). The quantitative estimate of drug-likeness (QED) is 0.459. The Labute approximate surface area is 199 Å². The average molecular weight is 477 g/mol. The topological polar surface area (TPSA) is 41.6 Å². The molecule has 2 aliphatic rings. The molecule has 0 spiro atoms. The summed E-state index contributed by atoms with van der Waals surface area (Å²) < 4.78 is 23.4. The molecule has 172 valence electrons. The van der Waals surface area contributed by atoms with Crippen LogP contribution in [0.25, 0.3) is 0 Å². The van der Waals surface area contributed by atoms with Crippen molar-refractivity contribution in [2.75, 3.05) is 26.0 Å². The number of amides is 1. The number of nitrogens with zero attached hydrogens (tertiary/aromatic N) is 1. The van der Waals surface area contributed by atoms with E-state index >= 15 is 0 Å². The maximum absolute atomic E-state index is 14.6. The molecule has 4 nitrogen and oxygen atoms in total. The van der Waals surface area contributed by atoms with E-state index in [1.807, 2.05) is 18.2 Å². The van der Waals surface area contributed by atoms with Crippen molar-refractivity contribution in [3.05, 3.63) is 63.9 Å². The van der Waals surface area contributed by atoms with E-state index in [-0.39, 0.29) is 5.56 Å². The number of rotatable bonds is 8. The first kappa shape index (κ1) is 23.4. The van der Waals surface area contributed by atoms with Crippen molar-refractivity contribution in [3.8, 4) is 5.75 Å². The van der Waals surface area contributed by atoms with Gasteiger partial charge in [-0.25, -0.2) is 4.39 Å². The number of piperidine rings is 1. The van der Waals surface area contributed by atoms with Gasteiger partial charge in [-0.1, -0.05) is 35.7 Å². The summed E-state index contributed by atoms with van der Waals surface area (Å²) in [5, 5.41) is 0.772. The standard InChI is InChI=1S/C25H30ClFN2O2S/c1-16(19-4-3-5-20(26)12-19)29-10-8-17(9-11-29)15-31-24-14-23(27)22(25(30)28-32-2)13-21(24)18-6-7-18/h3-5,12-14,16-18H,6-11,15H2,1-2H3,(H,28,30). The van der Waals surface area contributed by atoms with Crippen molar-refractivity contribution in [1.29, 1.82) is 0 Å². The van der Waals surface area contributed by atoms with Gasteiger partial charge in [0.2, 0.25) is 0 Å². The van der Waals surface area contributed by atoms with Gasteiger partial charge in [-0.15, -0.1) is 0 Å².